The topological polar surface area (TPSA) is 36.1 Å². The molecular formula is C13H20N2O. The van der Waals surface area contributed by atoms with E-state index in [0.29, 0.717) is 6.04 Å². The standard InChI is InChI=1S/C13H20N2O/c1-2-9-15-10-4-3-7-12(15)11-6-5-8-14-13(11)16/h5-6,8,12H,2-4,7,9-10H2,1H3,(H,14,16)/t12-/m0/s1. The van der Waals surface area contributed by atoms with E-state index in [4.69, 9.17) is 0 Å². The molecule has 0 aromatic carbocycles. The van der Waals surface area contributed by atoms with Crippen LogP contribution in [0.5, 0.6) is 0 Å². The summed E-state index contributed by atoms with van der Waals surface area (Å²) in [5.41, 5.74) is 1.02. The van der Waals surface area contributed by atoms with Crippen LogP contribution in [0.3, 0.4) is 0 Å². The number of hydrogen-bond donors (Lipinski definition) is 1. The Bertz CT molecular complexity index is 384. The summed E-state index contributed by atoms with van der Waals surface area (Å²) >= 11 is 0. The maximum absolute atomic E-state index is 11.8. The van der Waals surface area contributed by atoms with E-state index in [-0.39, 0.29) is 5.56 Å². The van der Waals surface area contributed by atoms with Crippen LogP contribution in [0, 0.1) is 0 Å². The first-order valence-electron chi connectivity index (χ1n) is 6.24. The quantitative estimate of drug-likeness (QED) is 0.848. The van der Waals surface area contributed by atoms with Gasteiger partial charge in [0.15, 0.2) is 0 Å². The highest BCUT2D eigenvalue weighted by atomic mass is 16.1. The lowest BCUT2D eigenvalue weighted by Gasteiger charge is -2.35. The maximum Gasteiger partial charge on any atom is 0.252 e. The van der Waals surface area contributed by atoms with Crippen LogP contribution in [-0.2, 0) is 0 Å². The summed E-state index contributed by atoms with van der Waals surface area (Å²) in [6.07, 6.45) is 6.48. The summed E-state index contributed by atoms with van der Waals surface area (Å²) in [4.78, 5) is 17.0. The number of nitrogens with one attached hydrogen (secondary N) is 1. The van der Waals surface area contributed by atoms with E-state index >= 15 is 0 Å². The maximum atomic E-state index is 11.8. The molecule has 3 nitrogen and oxygen atoms in total. The van der Waals surface area contributed by atoms with Gasteiger partial charge in [-0.2, -0.15) is 0 Å². The summed E-state index contributed by atoms with van der Waals surface area (Å²) in [5.74, 6) is 0. The van der Waals surface area contributed by atoms with E-state index in [9.17, 15) is 4.79 Å². The number of piperidine rings is 1. The van der Waals surface area contributed by atoms with E-state index in [2.05, 4.69) is 16.8 Å². The number of aromatic nitrogens is 1. The fourth-order valence-electron chi connectivity index (χ4n) is 2.60. The zero-order valence-corrected chi connectivity index (χ0v) is 9.91. The average molecular weight is 220 g/mol. The number of pyridine rings is 1. The molecule has 1 N–H and O–H groups in total. The Balaban J connectivity index is 2.23. The van der Waals surface area contributed by atoms with E-state index < -0.39 is 0 Å². The van der Waals surface area contributed by atoms with Gasteiger partial charge in [0.2, 0.25) is 0 Å². The van der Waals surface area contributed by atoms with Gasteiger partial charge in [0.05, 0.1) is 0 Å². The molecule has 0 amide bonds. The molecule has 1 aliphatic rings. The number of rotatable bonds is 3. The molecule has 0 radical (unpaired) electrons. The van der Waals surface area contributed by atoms with Crippen LogP contribution in [0.15, 0.2) is 23.1 Å². The minimum Gasteiger partial charge on any atom is -0.329 e. The molecule has 1 saturated heterocycles. The molecule has 1 fully saturated rings. The number of hydrogen-bond acceptors (Lipinski definition) is 2. The molecule has 1 atom stereocenters. The van der Waals surface area contributed by atoms with E-state index in [1.54, 1.807) is 6.20 Å². The van der Waals surface area contributed by atoms with Gasteiger partial charge in [-0.1, -0.05) is 19.4 Å². The van der Waals surface area contributed by atoms with Crippen molar-refractivity contribution in [2.45, 2.75) is 38.6 Å². The van der Waals surface area contributed by atoms with Crippen molar-refractivity contribution in [1.82, 2.24) is 9.88 Å². The predicted molar refractivity (Wildman–Crippen MR) is 65.5 cm³/mol. The minimum atomic E-state index is 0.0792. The minimum absolute atomic E-state index is 0.0792. The largest absolute Gasteiger partial charge is 0.329 e. The lowest BCUT2D eigenvalue weighted by atomic mass is 9.96. The molecule has 2 heterocycles. The molecule has 1 aromatic heterocycles. The van der Waals surface area contributed by atoms with Gasteiger partial charge in [-0.3, -0.25) is 9.69 Å². The molecule has 0 spiro atoms. The predicted octanol–water partition coefficient (Wildman–Crippen LogP) is 2.31. The highest BCUT2D eigenvalue weighted by Gasteiger charge is 2.24. The average Bonchev–Trinajstić information content (AvgIpc) is 2.31. The highest BCUT2D eigenvalue weighted by Crippen LogP contribution is 2.28. The van der Waals surface area contributed by atoms with Crippen LogP contribution >= 0.6 is 0 Å². The molecule has 0 unspecified atom stereocenters. The highest BCUT2D eigenvalue weighted by molar-refractivity contribution is 5.15. The zero-order valence-electron chi connectivity index (χ0n) is 9.91. The molecule has 1 aliphatic heterocycles. The van der Waals surface area contributed by atoms with Gasteiger partial charge in [-0.05, 0) is 38.4 Å². The Hall–Kier alpha value is -1.09. The summed E-state index contributed by atoms with van der Waals surface area (Å²) in [6.45, 7) is 4.42. The molecule has 88 valence electrons. The first-order valence-corrected chi connectivity index (χ1v) is 6.24. The zero-order chi connectivity index (χ0) is 11.4. The van der Waals surface area contributed by atoms with Crippen LogP contribution in [0.1, 0.15) is 44.2 Å². The Morgan fingerprint density at radius 1 is 1.50 bits per heavy atom. The molecule has 1 aromatic rings. The molecule has 0 saturated carbocycles. The molecule has 16 heavy (non-hydrogen) atoms. The van der Waals surface area contributed by atoms with E-state index in [0.717, 1.165) is 31.5 Å². The third-order valence-electron chi connectivity index (χ3n) is 3.33. The monoisotopic (exact) mass is 220 g/mol. The summed E-state index contributed by atoms with van der Waals surface area (Å²) in [7, 11) is 0. The van der Waals surface area contributed by atoms with Crippen molar-refractivity contribution < 1.29 is 0 Å². The smallest absolute Gasteiger partial charge is 0.252 e. The summed E-state index contributed by atoms with van der Waals surface area (Å²) < 4.78 is 0. The van der Waals surface area contributed by atoms with Crippen molar-refractivity contribution in [2.75, 3.05) is 13.1 Å². The Labute approximate surface area is 96.5 Å². The van der Waals surface area contributed by atoms with Gasteiger partial charge >= 0.3 is 0 Å². The Morgan fingerprint density at radius 3 is 3.12 bits per heavy atom. The van der Waals surface area contributed by atoms with Crippen molar-refractivity contribution >= 4 is 0 Å². The van der Waals surface area contributed by atoms with Gasteiger partial charge in [-0.25, -0.2) is 0 Å². The Morgan fingerprint density at radius 2 is 2.38 bits per heavy atom. The number of aromatic amines is 1. The summed E-state index contributed by atoms with van der Waals surface area (Å²) in [5, 5.41) is 0. The van der Waals surface area contributed by atoms with Gasteiger partial charge in [-0.15, -0.1) is 0 Å². The number of nitrogens with zero attached hydrogens (tertiary/aromatic N) is 1. The van der Waals surface area contributed by atoms with Crippen LogP contribution < -0.4 is 5.56 Å². The van der Waals surface area contributed by atoms with Crippen molar-refractivity contribution in [2.24, 2.45) is 0 Å². The number of likely N-dealkylation sites (tertiary alicyclic amines) is 1. The van der Waals surface area contributed by atoms with Gasteiger partial charge in [0.1, 0.15) is 0 Å². The first-order chi connectivity index (χ1) is 7.83. The molecule has 0 aliphatic carbocycles. The third kappa shape index (κ3) is 2.35. The van der Waals surface area contributed by atoms with Crippen LogP contribution in [-0.4, -0.2) is 23.0 Å². The first kappa shape index (κ1) is 11.4. The fraction of sp³-hybridized carbons (Fsp3) is 0.615. The molecule has 0 bridgehead atoms. The SMILES string of the molecule is CCCN1CCCC[C@H]1c1ccc[nH]c1=O. The van der Waals surface area contributed by atoms with Gasteiger partial charge < -0.3 is 4.98 Å². The normalized spacial score (nSPS) is 22.2. The Kier molecular flexibility index (Phi) is 3.78. The third-order valence-corrected chi connectivity index (χ3v) is 3.33. The van der Waals surface area contributed by atoms with Crippen molar-refractivity contribution in [3.8, 4) is 0 Å². The van der Waals surface area contributed by atoms with Gasteiger partial charge in [0, 0.05) is 17.8 Å². The van der Waals surface area contributed by atoms with Crippen molar-refractivity contribution in [1.29, 1.82) is 0 Å². The fourth-order valence-corrected chi connectivity index (χ4v) is 2.60. The van der Waals surface area contributed by atoms with Crippen LogP contribution in [0.2, 0.25) is 0 Å². The lowest BCUT2D eigenvalue weighted by molar-refractivity contribution is 0.148. The second-order valence-electron chi connectivity index (χ2n) is 4.50. The van der Waals surface area contributed by atoms with Crippen LogP contribution in [0.4, 0.5) is 0 Å². The molecule has 3 heteroatoms. The van der Waals surface area contributed by atoms with E-state index in [1.807, 2.05) is 12.1 Å². The molecular weight excluding hydrogens is 200 g/mol. The molecule has 2 rings (SSSR count). The number of H-pyrrole nitrogens is 1. The second kappa shape index (κ2) is 5.30. The van der Waals surface area contributed by atoms with E-state index in [1.165, 1.54) is 12.8 Å². The summed E-state index contributed by atoms with van der Waals surface area (Å²) in [6, 6.07) is 4.23. The van der Waals surface area contributed by atoms with Gasteiger partial charge in [0.25, 0.3) is 5.56 Å². The second-order valence-corrected chi connectivity index (χ2v) is 4.50. The van der Waals surface area contributed by atoms with Crippen molar-refractivity contribution in [3.63, 3.8) is 0 Å². The lowest BCUT2D eigenvalue weighted by Crippen LogP contribution is -2.36. The van der Waals surface area contributed by atoms with Crippen LogP contribution in [0.25, 0.3) is 0 Å². The van der Waals surface area contributed by atoms with Crippen molar-refractivity contribution in [3.05, 3.63) is 34.2 Å².